The van der Waals surface area contributed by atoms with Crippen LogP contribution in [0.2, 0.25) is 0 Å². The third-order valence-corrected chi connectivity index (χ3v) is 6.00. The van der Waals surface area contributed by atoms with Gasteiger partial charge in [0.2, 0.25) is 0 Å². The number of carbonyl (C=O) groups is 1. The van der Waals surface area contributed by atoms with Crippen LogP contribution in [-0.4, -0.2) is 31.2 Å². The number of hydrogen-bond acceptors (Lipinski definition) is 6. The number of anilines is 1. The standard InChI is InChI=1S/C17H14BrN3O5S/c1-25-11-4-2-10(3-5-11)21-16(12-8-27(23,24)9-13(12)20-21)19-17(22)14-6-7-15(18)26-14/h2-7H,8-9H2,1H3,(H,19,22). The molecule has 3 aromatic rings. The maximum atomic E-state index is 12.5. The van der Waals surface area contributed by atoms with Crippen molar-refractivity contribution in [2.24, 2.45) is 0 Å². The third-order valence-electron chi connectivity index (χ3n) is 4.13. The molecular weight excluding hydrogens is 438 g/mol. The van der Waals surface area contributed by atoms with Gasteiger partial charge in [-0.05, 0) is 52.3 Å². The number of furan rings is 1. The first kappa shape index (κ1) is 17.8. The maximum absolute atomic E-state index is 12.5. The lowest BCUT2D eigenvalue weighted by Crippen LogP contribution is -2.16. The topological polar surface area (TPSA) is 103 Å². The van der Waals surface area contributed by atoms with Gasteiger partial charge in [-0.2, -0.15) is 5.10 Å². The molecule has 27 heavy (non-hydrogen) atoms. The Morgan fingerprint density at radius 2 is 1.96 bits per heavy atom. The quantitative estimate of drug-likeness (QED) is 0.653. The SMILES string of the molecule is COc1ccc(-n2nc3c(c2NC(=O)c2ccc(Br)o2)CS(=O)(=O)C3)cc1. The van der Waals surface area contributed by atoms with Crippen LogP contribution in [0.4, 0.5) is 5.82 Å². The molecule has 4 rings (SSSR count). The number of rotatable bonds is 4. The van der Waals surface area contributed by atoms with Gasteiger partial charge in [-0.15, -0.1) is 0 Å². The molecule has 0 unspecified atom stereocenters. The number of fused-ring (bicyclic) bond motifs is 1. The van der Waals surface area contributed by atoms with Crippen LogP contribution in [0.1, 0.15) is 21.8 Å². The summed E-state index contributed by atoms with van der Waals surface area (Å²) in [5.74, 6) is 0.263. The molecule has 8 nitrogen and oxygen atoms in total. The highest BCUT2D eigenvalue weighted by atomic mass is 79.9. The summed E-state index contributed by atoms with van der Waals surface area (Å²) in [7, 11) is -1.70. The van der Waals surface area contributed by atoms with E-state index >= 15 is 0 Å². The number of sulfone groups is 1. The summed E-state index contributed by atoms with van der Waals surface area (Å²) < 4.78 is 36.3. The number of halogens is 1. The number of nitrogens with zero attached hydrogens (tertiary/aromatic N) is 2. The van der Waals surface area contributed by atoms with Crippen molar-refractivity contribution >= 4 is 37.5 Å². The monoisotopic (exact) mass is 451 g/mol. The van der Waals surface area contributed by atoms with Gasteiger partial charge in [-0.25, -0.2) is 13.1 Å². The van der Waals surface area contributed by atoms with E-state index in [1.165, 1.54) is 10.7 Å². The molecule has 0 saturated heterocycles. The molecule has 2 aromatic heterocycles. The van der Waals surface area contributed by atoms with Crippen molar-refractivity contribution in [2.45, 2.75) is 11.5 Å². The molecule has 0 fully saturated rings. The van der Waals surface area contributed by atoms with Crippen LogP contribution < -0.4 is 10.1 Å². The van der Waals surface area contributed by atoms with Gasteiger partial charge >= 0.3 is 0 Å². The van der Waals surface area contributed by atoms with Crippen molar-refractivity contribution in [3.05, 3.63) is 58.1 Å². The van der Waals surface area contributed by atoms with E-state index in [0.29, 0.717) is 33.2 Å². The van der Waals surface area contributed by atoms with Gasteiger partial charge < -0.3 is 14.5 Å². The van der Waals surface area contributed by atoms with Gasteiger partial charge in [-0.1, -0.05) is 0 Å². The van der Waals surface area contributed by atoms with E-state index in [9.17, 15) is 13.2 Å². The number of methoxy groups -OCH3 is 1. The summed E-state index contributed by atoms with van der Waals surface area (Å²) in [6, 6.07) is 10.2. The second-order valence-corrected chi connectivity index (χ2v) is 8.82. The Kier molecular flexibility index (Phi) is 4.31. The molecule has 0 bridgehead atoms. The molecule has 1 amide bonds. The van der Waals surface area contributed by atoms with Crippen LogP contribution >= 0.6 is 15.9 Å². The second-order valence-electron chi connectivity index (χ2n) is 5.97. The average Bonchev–Trinajstić information content (AvgIpc) is 3.28. The smallest absolute Gasteiger partial charge is 0.292 e. The molecule has 140 valence electrons. The first-order valence-electron chi connectivity index (χ1n) is 7.88. The van der Waals surface area contributed by atoms with Crippen LogP contribution in [0.25, 0.3) is 5.69 Å². The number of carbonyl (C=O) groups excluding carboxylic acids is 1. The predicted molar refractivity (Wildman–Crippen MR) is 101 cm³/mol. The summed E-state index contributed by atoms with van der Waals surface area (Å²) in [4.78, 5) is 12.5. The molecule has 0 aliphatic carbocycles. The Balaban J connectivity index is 1.76. The molecule has 0 radical (unpaired) electrons. The van der Waals surface area contributed by atoms with Crippen molar-refractivity contribution in [3.63, 3.8) is 0 Å². The number of aromatic nitrogens is 2. The minimum atomic E-state index is -3.27. The fraction of sp³-hybridized carbons (Fsp3) is 0.176. The fourth-order valence-corrected chi connectivity index (χ4v) is 4.69. The summed E-state index contributed by atoms with van der Waals surface area (Å²) in [6.45, 7) is 0. The zero-order valence-corrected chi connectivity index (χ0v) is 16.5. The number of amides is 1. The lowest BCUT2D eigenvalue weighted by atomic mass is 10.2. The molecule has 0 atom stereocenters. The van der Waals surface area contributed by atoms with E-state index in [1.54, 1.807) is 37.4 Å². The van der Waals surface area contributed by atoms with Gasteiger partial charge in [0.1, 0.15) is 11.6 Å². The zero-order valence-electron chi connectivity index (χ0n) is 14.1. The minimum Gasteiger partial charge on any atom is -0.497 e. The number of nitrogens with one attached hydrogen (secondary N) is 1. The van der Waals surface area contributed by atoms with E-state index in [0.717, 1.165) is 0 Å². The van der Waals surface area contributed by atoms with E-state index in [-0.39, 0.29) is 17.3 Å². The Labute approximate surface area is 163 Å². The number of benzene rings is 1. The van der Waals surface area contributed by atoms with E-state index in [2.05, 4.69) is 26.3 Å². The Bertz CT molecular complexity index is 1130. The Morgan fingerprint density at radius 3 is 2.59 bits per heavy atom. The van der Waals surface area contributed by atoms with Gasteiger partial charge in [0.25, 0.3) is 5.91 Å². The highest BCUT2D eigenvalue weighted by Crippen LogP contribution is 2.33. The van der Waals surface area contributed by atoms with Gasteiger partial charge in [0.15, 0.2) is 20.3 Å². The summed E-state index contributed by atoms with van der Waals surface area (Å²) in [5, 5.41) is 7.14. The maximum Gasteiger partial charge on any atom is 0.292 e. The largest absolute Gasteiger partial charge is 0.497 e. The molecule has 0 saturated carbocycles. The molecule has 0 spiro atoms. The van der Waals surface area contributed by atoms with Crippen molar-refractivity contribution in [3.8, 4) is 11.4 Å². The lowest BCUT2D eigenvalue weighted by Gasteiger charge is -2.11. The molecular formula is C17H14BrN3O5S. The minimum absolute atomic E-state index is 0.0963. The van der Waals surface area contributed by atoms with Crippen LogP contribution in [0.15, 0.2) is 45.5 Å². The van der Waals surface area contributed by atoms with Crippen molar-refractivity contribution in [1.29, 1.82) is 0 Å². The Morgan fingerprint density at radius 1 is 1.22 bits per heavy atom. The zero-order chi connectivity index (χ0) is 19.2. The van der Waals surface area contributed by atoms with Crippen molar-refractivity contribution < 1.29 is 22.4 Å². The third kappa shape index (κ3) is 3.37. The van der Waals surface area contributed by atoms with Crippen LogP contribution in [0.3, 0.4) is 0 Å². The molecule has 3 heterocycles. The van der Waals surface area contributed by atoms with Gasteiger partial charge in [0.05, 0.1) is 30.0 Å². The van der Waals surface area contributed by atoms with Crippen molar-refractivity contribution in [1.82, 2.24) is 9.78 Å². The fourth-order valence-electron chi connectivity index (χ4n) is 2.89. The van der Waals surface area contributed by atoms with E-state index < -0.39 is 15.7 Å². The molecule has 1 N–H and O–H groups in total. The molecule has 10 heteroatoms. The average molecular weight is 452 g/mol. The summed E-state index contributed by atoms with van der Waals surface area (Å²) >= 11 is 3.15. The highest BCUT2D eigenvalue weighted by molar-refractivity contribution is 9.10. The van der Waals surface area contributed by atoms with Crippen LogP contribution in [0.5, 0.6) is 5.75 Å². The second kappa shape index (κ2) is 6.54. The molecule has 1 aliphatic heterocycles. The van der Waals surface area contributed by atoms with E-state index in [1.807, 2.05) is 0 Å². The first-order valence-corrected chi connectivity index (χ1v) is 10.5. The number of ether oxygens (including phenoxy) is 1. The van der Waals surface area contributed by atoms with Gasteiger partial charge in [0, 0.05) is 5.56 Å². The normalized spacial score (nSPS) is 14.7. The summed E-state index contributed by atoms with van der Waals surface area (Å²) in [5.41, 5.74) is 1.59. The lowest BCUT2D eigenvalue weighted by molar-refractivity contribution is 0.0994. The predicted octanol–water partition coefficient (Wildman–Crippen LogP) is 2.92. The van der Waals surface area contributed by atoms with Crippen molar-refractivity contribution in [2.75, 3.05) is 12.4 Å². The van der Waals surface area contributed by atoms with Crippen LogP contribution in [-0.2, 0) is 21.3 Å². The van der Waals surface area contributed by atoms with Crippen LogP contribution in [0, 0.1) is 0 Å². The highest BCUT2D eigenvalue weighted by Gasteiger charge is 2.33. The Hall–Kier alpha value is -2.59. The van der Waals surface area contributed by atoms with Gasteiger partial charge in [-0.3, -0.25) is 4.79 Å². The van der Waals surface area contributed by atoms with E-state index in [4.69, 9.17) is 9.15 Å². The molecule has 1 aliphatic rings. The first-order chi connectivity index (χ1) is 12.9. The molecule has 1 aromatic carbocycles. The summed E-state index contributed by atoms with van der Waals surface area (Å²) in [6.07, 6.45) is 0. The number of hydrogen-bond donors (Lipinski definition) is 1.